The van der Waals surface area contributed by atoms with Crippen LogP contribution in [0.15, 0.2) is 18.2 Å². The number of nitrogens with one attached hydrogen (secondary N) is 1. The third-order valence-electron chi connectivity index (χ3n) is 2.25. The second-order valence-electron chi connectivity index (χ2n) is 3.84. The van der Waals surface area contributed by atoms with Gasteiger partial charge in [0.15, 0.2) is 0 Å². The third-order valence-corrected chi connectivity index (χ3v) is 2.25. The van der Waals surface area contributed by atoms with E-state index in [4.69, 9.17) is 10.8 Å². The fourth-order valence-electron chi connectivity index (χ4n) is 1.26. The van der Waals surface area contributed by atoms with E-state index in [1.54, 1.807) is 0 Å². The molecule has 0 heterocycles. The molecule has 1 unspecified atom stereocenters. The van der Waals surface area contributed by atoms with Crippen molar-refractivity contribution in [3.8, 4) is 0 Å². The van der Waals surface area contributed by atoms with Crippen LogP contribution in [0.3, 0.4) is 0 Å². The number of benzene rings is 1. The molecule has 0 aliphatic rings. The Morgan fingerprint density at radius 1 is 1.37 bits per heavy atom. The number of alkyl halides is 3. The lowest BCUT2D eigenvalue weighted by Gasteiger charge is -2.13. The second-order valence-corrected chi connectivity index (χ2v) is 3.84. The van der Waals surface area contributed by atoms with Crippen molar-refractivity contribution in [2.75, 3.05) is 5.32 Å². The first-order valence-corrected chi connectivity index (χ1v) is 5.14. The van der Waals surface area contributed by atoms with Gasteiger partial charge >= 0.3 is 12.1 Å². The smallest absolute Gasteiger partial charge is 0.416 e. The summed E-state index contributed by atoms with van der Waals surface area (Å²) in [6, 6.07) is 0.993. The fraction of sp³-hybridized carbons (Fsp3) is 0.273. The molecular formula is C11H11F3N2O3. The number of rotatable bonds is 3. The van der Waals surface area contributed by atoms with Crippen LogP contribution >= 0.6 is 0 Å². The van der Waals surface area contributed by atoms with Gasteiger partial charge in [0.2, 0.25) is 5.91 Å². The van der Waals surface area contributed by atoms with Crippen molar-refractivity contribution in [2.24, 2.45) is 5.73 Å². The largest absolute Gasteiger partial charge is 0.478 e. The van der Waals surface area contributed by atoms with Gasteiger partial charge in [-0.15, -0.1) is 0 Å². The summed E-state index contributed by atoms with van der Waals surface area (Å²) in [4.78, 5) is 22.2. The zero-order valence-corrected chi connectivity index (χ0v) is 9.78. The van der Waals surface area contributed by atoms with Gasteiger partial charge in [-0.2, -0.15) is 13.2 Å². The predicted molar refractivity (Wildman–Crippen MR) is 60.7 cm³/mol. The number of hydrogen-bond donors (Lipinski definition) is 3. The summed E-state index contributed by atoms with van der Waals surface area (Å²) in [5, 5.41) is 10.9. The number of amides is 1. The van der Waals surface area contributed by atoms with Crippen LogP contribution in [-0.4, -0.2) is 23.0 Å². The Bertz CT molecular complexity index is 512. The van der Waals surface area contributed by atoms with Crippen LogP contribution in [0.4, 0.5) is 18.9 Å². The Morgan fingerprint density at radius 3 is 2.37 bits per heavy atom. The van der Waals surface area contributed by atoms with Crippen molar-refractivity contribution in [3.05, 3.63) is 29.3 Å². The molecule has 0 fully saturated rings. The van der Waals surface area contributed by atoms with Crippen LogP contribution in [0.1, 0.15) is 22.8 Å². The lowest BCUT2D eigenvalue weighted by atomic mass is 10.1. The first kappa shape index (κ1) is 15.0. The number of hydrogen-bond acceptors (Lipinski definition) is 3. The molecule has 0 saturated heterocycles. The molecule has 1 atom stereocenters. The summed E-state index contributed by atoms with van der Waals surface area (Å²) < 4.78 is 37.5. The Kier molecular flexibility index (Phi) is 4.15. The minimum absolute atomic E-state index is 0.440. The molecule has 0 aromatic heterocycles. The summed E-state index contributed by atoms with van der Waals surface area (Å²) in [5.74, 6) is -2.23. The van der Waals surface area contributed by atoms with E-state index < -0.39 is 40.9 Å². The summed E-state index contributed by atoms with van der Waals surface area (Å²) in [5.41, 5.74) is 3.31. The van der Waals surface area contributed by atoms with Gasteiger partial charge in [-0.25, -0.2) is 4.79 Å². The van der Waals surface area contributed by atoms with Crippen molar-refractivity contribution in [3.63, 3.8) is 0 Å². The minimum atomic E-state index is -4.63. The highest BCUT2D eigenvalue weighted by Gasteiger charge is 2.31. The van der Waals surface area contributed by atoms with Crippen molar-refractivity contribution in [1.82, 2.24) is 0 Å². The molecule has 8 heteroatoms. The standard InChI is InChI=1S/C11H11F3N2O3/c1-5(15)9(17)16-8-4-6(11(12,13)14)2-3-7(8)10(18)19/h2-5H,15H2,1H3,(H,16,17)(H,18,19). The molecular weight excluding hydrogens is 265 g/mol. The molecule has 1 aromatic carbocycles. The lowest BCUT2D eigenvalue weighted by molar-refractivity contribution is -0.137. The molecule has 1 rings (SSSR count). The molecule has 5 nitrogen and oxygen atoms in total. The average molecular weight is 276 g/mol. The van der Waals surface area contributed by atoms with Crippen molar-refractivity contribution >= 4 is 17.6 Å². The van der Waals surface area contributed by atoms with E-state index in [0.29, 0.717) is 12.1 Å². The number of halogens is 3. The second kappa shape index (κ2) is 5.27. The van der Waals surface area contributed by atoms with Gasteiger partial charge in [0.1, 0.15) is 0 Å². The fourth-order valence-corrected chi connectivity index (χ4v) is 1.26. The van der Waals surface area contributed by atoms with E-state index in [0.717, 1.165) is 6.07 Å². The van der Waals surface area contributed by atoms with Crippen molar-refractivity contribution < 1.29 is 27.9 Å². The quantitative estimate of drug-likeness (QED) is 0.783. The highest BCUT2D eigenvalue weighted by atomic mass is 19.4. The summed E-state index contributed by atoms with van der Waals surface area (Å²) in [6.07, 6.45) is -4.63. The number of anilines is 1. The molecule has 1 amide bonds. The van der Waals surface area contributed by atoms with Crippen molar-refractivity contribution in [2.45, 2.75) is 19.1 Å². The zero-order valence-electron chi connectivity index (χ0n) is 9.78. The molecule has 104 valence electrons. The molecule has 0 radical (unpaired) electrons. The molecule has 19 heavy (non-hydrogen) atoms. The Labute approximate surface area is 106 Å². The zero-order chi connectivity index (χ0) is 14.8. The normalized spacial score (nSPS) is 12.9. The SMILES string of the molecule is CC(N)C(=O)Nc1cc(C(F)(F)F)ccc1C(=O)O. The van der Waals surface area contributed by atoms with E-state index in [-0.39, 0.29) is 0 Å². The number of carboxylic acids is 1. The molecule has 0 aliphatic heterocycles. The summed E-state index contributed by atoms with van der Waals surface area (Å²) >= 11 is 0. The Morgan fingerprint density at radius 2 is 1.95 bits per heavy atom. The van der Waals surface area contributed by atoms with E-state index in [1.807, 2.05) is 0 Å². The van der Waals surface area contributed by atoms with E-state index in [1.165, 1.54) is 6.92 Å². The topological polar surface area (TPSA) is 92.4 Å². The van der Waals surface area contributed by atoms with E-state index >= 15 is 0 Å². The van der Waals surface area contributed by atoms with Crippen LogP contribution in [-0.2, 0) is 11.0 Å². The lowest BCUT2D eigenvalue weighted by Crippen LogP contribution is -2.33. The highest BCUT2D eigenvalue weighted by Crippen LogP contribution is 2.32. The monoisotopic (exact) mass is 276 g/mol. The minimum Gasteiger partial charge on any atom is -0.478 e. The third kappa shape index (κ3) is 3.68. The van der Waals surface area contributed by atoms with Crippen LogP contribution in [0, 0.1) is 0 Å². The number of nitrogens with two attached hydrogens (primary N) is 1. The average Bonchev–Trinajstić information content (AvgIpc) is 2.27. The molecule has 0 bridgehead atoms. The van der Waals surface area contributed by atoms with Gasteiger partial charge < -0.3 is 16.2 Å². The van der Waals surface area contributed by atoms with Crippen LogP contribution in [0.25, 0.3) is 0 Å². The summed E-state index contributed by atoms with van der Waals surface area (Å²) in [6.45, 7) is 1.32. The number of carbonyl (C=O) groups excluding carboxylic acids is 1. The molecule has 0 aliphatic carbocycles. The van der Waals surface area contributed by atoms with E-state index in [2.05, 4.69) is 5.32 Å². The van der Waals surface area contributed by atoms with Crippen LogP contribution in [0.5, 0.6) is 0 Å². The highest BCUT2D eigenvalue weighted by molar-refractivity contribution is 6.02. The first-order valence-electron chi connectivity index (χ1n) is 5.14. The van der Waals surface area contributed by atoms with Gasteiger partial charge in [-0.05, 0) is 25.1 Å². The predicted octanol–water partition coefficient (Wildman–Crippen LogP) is 1.69. The Hall–Kier alpha value is -2.09. The van der Waals surface area contributed by atoms with Gasteiger partial charge in [0, 0.05) is 0 Å². The van der Waals surface area contributed by atoms with Gasteiger partial charge in [-0.3, -0.25) is 4.79 Å². The van der Waals surface area contributed by atoms with Crippen molar-refractivity contribution in [1.29, 1.82) is 0 Å². The molecule has 0 saturated carbocycles. The maximum Gasteiger partial charge on any atom is 0.416 e. The van der Waals surface area contributed by atoms with Gasteiger partial charge in [-0.1, -0.05) is 0 Å². The maximum atomic E-state index is 12.5. The number of carboxylic acid groups (broad SMARTS) is 1. The maximum absolute atomic E-state index is 12.5. The van der Waals surface area contributed by atoms with Crippen LogP contribution in [0.2, 0.25) is 0 Å². The number of aromatic carboxylic acids is 1. The van der Waals surface area contributed by atoms with Gasteiger partial charge in [0.25, 0.3) is 0 Å². The van der Waals surface area contributed by atoms with Crippen LogP contribution < -0.4 is 11.1 Å². The Balaban J connectivity index is 3.24. The molecule has 1 aromatic rings. The van der Waals surface area contributed by atoms with E-state index in [9.17, 15) is 22.8 Å². The van der Waals surface area contributed by atoms with Gasteiger partial charge in [0.05, 0.1) is 22.9 Å². The summed E-state index contributed by atoms with van der Waals surface area (Å²) in [7, 11) is 0. The first-order chi connectivity index (χ1) is 8.62. The molecule has 0 spiro atoms. The molecule has 4 N–H and O–H groups in total. The number of carbonyl (C=O) groups is 2.